The van der Waals surface area contributed by atoms with Crippen molar-refractivity contribution in [3.63, 3.8) is 0 Å². The second-order valence-electron chi connectivity index (χ2n) is 4.98. The number of rotatable bonds is 4. The first-order chi connectivity index (χ1) is 9.31. The molecular weight excluding hydrogens is 258 g/mol. The van der Waals surface area contributed by atoms with Gasteiger partial charge in [-0.3, -0.25) is 4.90 Å². The maximum atomic E-state index is 9.03. The first-order valence-electron chi connectivity index (χ1n) is 6.83. The molecule has 1 unspecified atom stereocenters. The van der Waals surface area contributed by atoms with E-state index in [1.807, 2.05) is 6.07 Å². The molecule has 0 aliphatic carbocycles. The van der Waals surface area contributed by atoms with Gasteiger partial charge in [0.2, 0.25) is 0 Å². The van der Waals surface area contributed by atoms with Gasteiger partial charge in [0.1, 0.15) is 6.61 Å². The van der Waals surface area contributed by atoms with Gasteiger partial charge in [-0.15, -0.1) is 11.3 Å². The molecule has 4 heteroatoms. The van der Waals surface area contributed by atoms with Crippen LogP contribution in [0.3, 0.4) is 0 Å². The zero-order valence-corrected chi connectivity index (χ0v) is 12.0. The van der Waals surface area contributed by atoms with Crippen LogP contribution in [0.5, 0.6) is 0 Å². The summed E-state index contributed by atoms with van der Waals surface area (Å²) in [7, 11) is 0. The Hall–Kier alpha value is -0.860. The number of thiophene rings is 1. The van der Waals surface area contributed by atoms with E-state index in [1.165, 1.54) is 17.7 Å². The Morgan fingerprint density at radius 1 is 1.37 bits per heavy atom. The van der Waals surface area contributed by atoms with Crippen molar-refractivity contribution in [2.45, 2.75) is 25.8 Å². The molecule has 2 rings (SSSR count). The third-order valence-corrected chi connectivity index (χ3v) is 4.46. The van der Waals surface area contributed by atoms with Gasteiger partial charge in [-0.05, 0) is 43.9 Å². The van der Waals surface area contributed by atoms with E-state index < -0.39 is 0 Å². The Kier molecular flexibility index (Phi) is 5.87. The van der Waals surface area contributed by atoms with Crippen LogP contribution in [0.15, 0.2) is 12.1 Å². The summed E-state index contributed by atoms with van der Waals surface area (Å²) in [6.07, 6.45) is 3.40. The minimum atomic E-state index is -0.0812. The zero-order valence-electron chi connectivity index (χ0n) is 11.1. The van der Waals surface area contributed by atoms with Crippen LogP contribution in [-0.4, -0.2) is 41.4 Å². The number of piperidine rings is 1. The molecule has 0 aromatic carbocycles. The van der Waals surface area contributed by atoms with Crippen LogP contribution >= 0.6 is 11.3 Å². The van der Waals surface area contributed by atoms with E-state index in [-0.39, 0.29) is 6.61 Å². The fourth-order valence-electron chi connectivity index (χ4n) is 2.59. The van der Waals surface area contributed by atoms with Crippen molar-refractivity contribution in [2.24, 2.45) is 5.92 Å². The van der Waals surface area contributed by atoms with E-state index in [0.717, 1.165) is 30.9 Å². The molecule has 0 spiro atoms. The van der Waals surface area contributed by atoms with Gasteiger partial charge in [-0.2, -0.15) is 0 Å². The minimum Gasteiger partial charge on any atom is -0.396 e. The number of aliphatic hydroxyl groups is 2. The summed E-state index contributed by atoms with van der Waals surface area (Å²) in [5.41, 5.74) is 0. The first-order valence-corrected chi connectivity index (χ1v) is 7.65. The molecule has 0 amide bonds. The van der Waals surface area contributed by atoms with E-state index >= 15 is 0 Å². The van der Waals surface area contributed by atoms with Crippen LogP contribution in [0.2, 0.25) is 0 Å². The van der Waals surface area contributed by atoms with Gasteiger partial charge in [-0.25, -0.2) is 0 Å². The number of hydrogen-bond donors (Lipinski definition) is 2. The molecule has 0 radical (unpaired) electrons. The summed E-state index contributed by atoms with van der Waals surface area (Å²) in [5, 5.41) is 17.7. The van der Waals surface area contributed by atoms with Crippen molar-refractivity contribution < 1.29 is 10.2 Å². The van der Waals surface area contributed by atoms with Crippen molar-refractivity contribution in [3.05, 3.63) is 21.9 Å². The summed E-state index contributed by atoms with van der Waals surface area (Å²) in [6.45, 7) is 3.45. The smallest absolute Gasteiger partial charge is 0.104 e. The molecular formula is C15H21NO2S. The van der Waals surface area contributed by atoms with Crippen molar-refractivity contribution >= 4 is 11.3 Å². The Morgan fingerprint density at radius 2 is 2.26 bits per heavy atom. The molecule has 104 valence electrons. The molecule has 19 heavy (non-hydrogen) atoms. The normalized spacial score (nSPS) is 20.0. The summed E-state index contributed by atoms with van der Waals surface area (Å²) < 4.78 is 0. The predicted octanol–water partition coefficient (Wildman–Crippen LogP) is 1.69. The van der Waals surface area contributed by atoms with Gasteiger partial charge >= 0.3 is 0 Å². The lowest BCUT2D eigenvalue weighted by Crippen LogP contribution is -2.35. The van der Waals surface area contributed by atoms with Crippen LogP contribution < -0.4 is 0 Å². The summed E-state index contributed by atoms with van der Waals surface area (Å²) in [5.74, 6) is 6.27. The summed E-state index contributed by atoms with van der Waals surface area (Å²) in [4.78, 5) is 4.82. The van der Waals surface area contributed by atoms with Gasteiger partial charge in [0.25, 0.3) is 0 Å². The minimum absolute atomic E-state index is 0.0812. The molecule has 1 aromatic heterocycles. The lowest BCUT2D eigenvalue weighted by molar-refractivity contribution is 0.143. The van der Waals surface area contributed by atoms with E-state index in [1.54, 1.807) is 11.3 Å². The quantitative estimate of drug-likeness (QED) is 0.824. The van der Waals surface area contributed by atoms with Crippen molar-refractivity contribution in [3.8, 4) is 11.8 Å². The first kappa shape index (κ1) is 14.5. The standard InChI is InChI=1S/C15H21NO2S/c17-9-2-4-14-5-6-15(19-14)12-16-8-1-3-13(11-16)7-10-18/h5-6,13,17-18H,1,3,7-12H2. The molecule has 1 atom stereocenters. The Labute approximate surface area is 118 Å². The molecule has 0 bridgehead atoms. The average Bonchev–Trinajstić information content (AvgIpc) is 2.85. The van der Waals surface area contributed by atoms with Gasteiger partial charge in [0.15, 0.2) is 0 Å². The topological polar surface area (TPSA) is 43.7 Å². The number of likely N-dealkylation sites (tertiary alicyclic amines) is 1. The predicted molar refractivity (Wildman–Crippen MR) is 78.0 cm³/mol. The molecule has 2 heterocycles. The lowest BCUT2D eigenvalue weighted by Gasteiger charge is -2.32. The van der Waals surface area contributed by atoms with Crippen LogP contribution in [0, 0.1) is 17.8 Å². The van der Waals surface area contributed by atoms with E-state index in [9.17, 15) is 0 Å². The van der Waals surface area contributed by atoms with Gasteiger partial charge < -0.3 is 10.2 Å². The molecule has 0 saturated carbocycles. The van der Waals surface area contributed by atoms with Crippen molar-refractivity contribution in [1.29, 1.82) is 0 Å². The van der Waals surface area contributed by atoms with E-state index in [4.69, 9.17) is 10.2 Å². The highest BCUT2D eigenvalue weighted by molar-refractivity contribution is 7.12. The van der Waals surface area contributed by atoms with Crippen LogP contribution in [0.4, 0.5) is 0 Å². The number of aliphatic hydroxyl groups excluding tert-OH is 2. The largest absolute Gasteiger partial charge is 0.396 e. The van der Waals surface area contributed by atoms with Crippen LogP contribution in [0.1, 0.15) is 29.0 Å². The molecule has 1 saturated heterocycles. The fraction of sp³-hybridized carbons (Fsp3) is 0.600. The molecule has 1 aromatic rings. The monoisotopic (exact) mass is 279 g/mol. The van der Waals surface area contributed by atoms with Gasteiger partial charge in [0, 0.05) is 24.6 Å². The maximum absolute atomic E-state index is 9.03. The highest BCUT2D eigenvalue weighted by Crippen LogP contribution is 2.23. The third kappa shape index (κ3) is 4.63. The van der Waals surface area contributed by atoms with Crippen molar-refractivity contribution in [2.75, 3.05) is 26.3 Å². The maximum Gasteiger partial charge on any atom is 0.104 e. The Balaban J connectivity index is 1.88. The highest BCUT2D eigenvalue weighted by Gasteiger charge is 2.19. The van der Waals surface area contributed by atoms with Gasteiger partial charge in [-0.1, -0.05) is 11.8 Å². The Bertz CT molecular complexity index is 444. The fourth-order valence-corrected chi connectivity index (χ4v) is 3.52. The average molecular weight is 279 g/mol. The number of hydrogen-bond acceptors (Lipinski definition) is 4. The molecule has 1 aliphatic rings. The SMILES string of the molecule is OCC#Cc1ccc(CN2CCCC(CCO)C2)s1. The van der Waals surface area contributed by atoms with Gasteiger partial charge in [0.05, 0.1) is 4.88 Å². The zero-order chi connectivity index (χ0) is 13.5. The van der Waals surface area contributed by atoms with E-state index in [2.05, 4.69) is 22.8 Å². The van der Waals surface area contributed by atoms with Crippen molar-refractivity contribution in [1.82, 2.24) is 4.90 Å². The molecule has 1 aliphatic heterocycles. The second kappa shape index (κ2) is 7.66. The summed E-state index contributed by atoms with van der Waals surface area (Å²) >= 11 is 1.71. The molecule has 3 nitrogen and oxygen atoms in total. The Morgan fingerprint density at radius 3 is 3.05 bits per heavy atom. The highest BCUT2D eigenvalue weighted by atomic mass is 32.1. The van der Waals surface area contributed by atoms with Crippen LogP contribution in [0.25, 0.3) is 0 Å². The molecule has 2 N–H and O–H groups in total. The lowest BCUT2D eigenvalue weighted by atomic mass is 9.95. The second-order valence-corrected chi connectivity index (χ2v) is 6.15. The third-order valence-electron chi connectivity index (χ3n) is 3.47. The van der Waals surface area contributed by atoms with E-state index in [0.29, 0.717) is 12.5 Å². The number of nitrogens with zero attached hydrogens (tertiary/aromatic N) is 1. The molecule has 1 fully saturated rings. The van der Waals surface area contributed by atoms with Crippen LogP contribution in [-0.2, 0) is 6.54 Å². The summed E-state index contributed by atoms with van der Waals surface area (Å²) in [6, 6.07) is 4.15.